The molecule has 31 heavy (non-hydrogen) atoms. The first-order valence-corrected chi connectivity index (χ1v) is 10.8. The van der Waals surface area contributed by atoms with E-state index in [9.17, 15) is 14.4 Å². The van der Waals surface area contributed by atoms with E-state index in [-0.39, 0.29) is 29.0 Å². The Morgan fingerprint density at radius 2 is 2.06 bits per heavy atom. The Morgan fingerprint density at radius 3 is 2.74 bits per heavy atom. The molecule has 0 unspecified atom stereocenters. The molecule has 0 bridgehead atoms. The average molecular weight is 465 g/mol. The van der Waals surface area contributed by atoms with Crippen LogP contribution in [-0.2, 0) is 14.3 Å². The number of hydrogen-bond acceptors (Lipinski definition) is 7. The van der Waals surface area contributed by atoms with E-state index in [0.29, 0.717) is 50.0 Å². The van der Waals surface area contributed by atoms with E-state index >= 15 is 0 Å². The summed E-state index contributed by atoms with van der Waals surface area (Å²) in [5.74, 6) is 2.23. The summed E-state index contributed by atoms with van der Waals surface area (Å²) in [5, 5.41) is -0.239. The highest BCUT2D eigenvalue weighted by atomic mass is 35.5. The van der Waals surface area contributed by atoms with E-state index in [1.807, 2.05) is 6.92 Å². The maximum Gasteiger partial charge on any atom is 0.294 e. The standard InChI is InChI=1S/C21H21ClN2O6S/c1-3-7-30-19-15(22)10-14(11-16(19)29-4-2)12-17-20(26)24(21(27)31-17)13-18(25)23-5-8-28-9-6-23/h1,10-12H,4-9,13H2,2H3/b17-12+. The van der Waals surface area contributed by atoms with Gasteiger partial charge in [0, 0.05) is 13.1 Å². The minimum Gasteiger partial charge on any atom is -0.490 e. The molecule has 164 valence electrons. The lowest BCUT2D eigenvalue weighted by Gasteiger charge is -2.28. The second kappa shape index (κ2) is 10.6. The van der Waals surface area contributed by atoms with Gasteiger partial charge in [-0.15, -0.1) is 6.42 Å². The molecular formula is C21H21ClN2O6S. The fraction of sp³-hybridized carbons (Fsp3) is 0.381. The van der Waals surface area contributed by atoms with Crippen LogP contribution in [0.2, 0.25) is 5.02 Å². The Kier molecular flexibility index (Phi) is 7.85. The lowest BCUT2D eigenvalue weighted by atomic mass is 10.1. The van der Waals surface area contributed by atoms with Gasteiger partial charge in [0.1, 0.15) is 13.2 Å². The number of hydrogen-bond donors (Lipinski definition) is 0. The molecule has 2 aliphatic rings. The van der Waals surface area contributed by atoms with Gasteiger partial charge >= 0.3 is 0 Å². The Morgan fingerprint density at radius 1 is 1.32 bits per heavy atom. The molecule has 8 nitrogen and oxygen atoms in total. The Bertz CT molecular complexity index is 952. The molecule has 3 amide bonds. The summed E-state index contributed by atoms with van der Waals surface area (Å²) >= 11 is 7.08. The molecule has 0 spiro atoms. The molecule has 0 N–H and O–H groups in total. The molecule has 1 aromatic carbocycles. The van der Waals surface area contributed by atoms with Gasteiger partial charge in [0.15, 0.2) is 11.5 Å². The zero-order chi connectivity index (χ0) is 22.4. The van der Waals surface area contributed by atoms with Crippen molar-refractivity contribution in [1.29, 1.82) is 0 Å². The van der Waals surface area contributed by atoms with Gasteiger partial charge in [-0.2, -0.15) is 0 Å². The third kappa shape index (κ3) is 5.53. The highest BCUT2D eigenvalue weighted by Crippen LogP contribution is 2.39. The van der Waals surface area contributed by atoms with Crippen LogP contribution in [0.25, 0.3) is 6.08 Å². The van der Waals surface area contributed by atoms with Crippen LogP contribution >= 0.6 is 23.4 Å². The molecule has 1 aromatic rings. The highest BCUT2D eigenvalue weighted by Gasteiger charge is 2.37. The van der Waals surface area contributed by atoms with Crippen molar-refractivity contribution >= 4 is 46.5 Å². The zero-order valence-corrected chi connectivity index (χ0v) is 18.5. The molecule has 2 heterocycles. The zero-order valence-electron chi connectivity index (χ0n) is 16.9. The summed E-state index contributed by atoms with van der Waals surface area (Å²) in [6.45, 7) is 3.67. The second-order valence-electron chi connectivity index (χ2n) is 6.52. The minimum absolute atomic E-state index is 0.0230. The summed E-state index contributed by atoms with van der Waals surface area (Å²) in [6, 6.07) is 3.23. The summed E-state index contributed by atoms with van der Waals surface area (Å²) in [4.78, 5) is 40.3. The number of terminal acetylenes is 1. The number of imide groups is 1. The van der Waals surface area contributed by atoms with E-state index < -0.39 is 11.1 Å². The van der Waals surface area contributed by atoms with Crippen LogP contribution < -0.4 is 9.47 Å². The predicted octanol–water partition coefficient (Wildman–Crippen LogP) is 2.65. The fourth-order valence-corrected chi connectivity index (χ4v) is 4.14. The van der Waals surface area contributed by atoms with Gasteiger partial charge in [-0.3, -0.25) is 19.3 Å². The maximum absolute atomic E-state index is 12.8. The quantitative estimate of drug-likeness (QED) is 0.453. The molecule has 10 heteroatoms. The summed E-state index contributed by atoms with van der Waals surface area (Å²) in [7, 11) is 0. The molecule has 0 saturated carbocycles. The fourth-order valence-electron chi connectivity index (χ4n) is 3.02. The molecule has 0 atom stereocenters. The monoisotopic (exact) mass is 464 g/mol. The van der Waals surface area contributed by atoms with E-state index in [1.165, 1.54) is 6.08 Å². The number of morpholine rings is 1. The van der Waals surface area contributed by atoms with Gasteiger partial charge in [0.05, 0.1) is 29.7 Å². The number of amides is 3. The lowest BCUT2D eigenvalue weighted by Crippen LogP contribution is -2.46. The van der Waals surface area contributed by atoms with Gasteiger partial charge in [-0.1, -0.05) is 17.5 Å². The first-order valence-electron chi connectivity index (χ1n) is 9.58. The van der Waals surface area contributed by atoms with Crippen molar-refractivity contribution in [2.24, 2.45) is 0 Å². The predicted molar refractivity (Wildman–Crippen MR) is 117 cm³/mol. The molecule has 3 rings (SSSR count). The number of halogens is 1. The van der Waals surface area contributed by atoms with E-state index in [4.69, 9.17) is 32.2 Å². The van der Waals surface area contributed by atoms with Crippen molar-refractivity contribution in [3.05, 3.63) is 27.6 Å². The number of ether oxygens (including phenoxy) is 3. The Hall–Kier alpha value is -2.67. The van der Waals surface area contributed by atoms with Crippen LogP contribution in [0.4, 0.5) is 4.79 Å². The number of nitrogens with zero attached hydrogens (tertiary/aromatic N) is 2. The number of rotatable bonds is 7. The largest absolute Gasteiger partial charge is 0.490 e. The van der Waals surface area contributed by atoms with Gasteiger partial charge in [-0.05, 0) is 42.5 Å². The van der Waals surface area contributed by atoms with Crippen LogP contribution in [0.1, 0.15) is 12.5 Å². The van der Waals surface area contributed by atoms with Crippen molar-refractivity contribution in [2.45, 2.75) is 6.92 Å². The molecule has 0 radical (unpaired) electrons. The molecule has 2 saturated heterocycles. The number of carbonyl (C=O) groups excluding carboxylic acids is 3. The average Bonchev–Trinajstić information content (AvgIpc) is 3.01. The highest BCUT2D eigenvalue weighted by molar-refractivity contribution is 8.18. The third-order valence-electron chi connectivity index (χ3n) is 4.46. The molecule has 0 aliphatic carbocycles. The van der Waals surface area contributed by atoms with E-state index in [1.54, 1.807) is 17.0 Å². The maximum atomic E-state index is 12.8. The van der Waals surface area contributed by atoms with E-state index in [2.05, 4.69) is 5.92 Å². The summed E-state index contributed by atoms with van der Waals surface area (Å²) < 4.78 is 16.2. The topological polar surface area (TPSA) is 85.4 Å². The first kappa shape index (κ1) is 23.0. The van der Waals surface area contributed by atoms with Crippen molar-refractivity contribution < 1.29 is 28.6 Å². The van der Waals surface area contributed by atoms with Crippen LogP contribution in [0.5, 0.6) is 11.5 Å². The number of thioether (sulfide) groups is 1. The van der Waals surface area contributed by atoms with Crippen molar-refractivity contribution in [3.63, 3.8) is 0 Å². The first-order chi connectivity index (χ1) is 14.9. The van der Waals surface area contributed by atoms with Gasteiger partial charge in [0.2, 0.25) is 5.91 Å². The summed E-state index contributed by atoms with van der Waals surface area (Å²) in [5.41, 5.74) is 0.548. The third-order valence-corrected chi connectivity index (χ3v) is 5.65. The van der Waals surface area contributed by atoms with Crippen LogP contribution in [-0.4, -0.2) is 72.9 Å². The number of carbonyl (C=O) groups is 3. The lowest BCUT2D eigenvalue weighted by molar-refractivity contribution is -0.139. The second-order valence-corrected chi connectivity index (χ2v) is 7.92. The van der Waals surface area contributed by atoms with Crippen LogP contribution in [0.3, 0.4) is 0 Å². The molecule has 2 fully saturated rings. The smallest absolute Gasteiger partial charge is 0.294 e. The molecular weight excluding hydrogens is 444 g/mol. The minimum atomic E-state index is -0.529. The van der Waals surface area contributed by atoms with Crippen molar-refractivity contribution in [1.82, 2.24) is 9.80 Å². The molecule has 0 aromatic heterocycles. The van der Waals surface area contributed by atoms with Gasteiger partial charge in [-0.25, -0.2) is 0 Å². The Balaban J connectivity index is 1.78. The van der Waals surface area contributed by atoms with Crippen molar-refractivity contribution in [2.75, 3.05) is 46.1 Å². The van der Waals surface area contributed by atoms with Gasteiger partial charge < -0.3 is 19.1 Å². The van der Waals surface area contributed by atoms with E-state index in [0.717, 1.165) is 16.7 Å². The van der Waals surface area contributed by atoms with Crippen LogP contribution in [0.15, 0.2) is 17.0 Å². The van der Waals surface area contributed by atoms with Crippen LogP contribution in [0, 0.1) is 12.3 Å². The Labute approximate surface area is 189 Å². The SMILES string of the molecule is C#CCOc1c(Cl)cc(/C=C2/SC(=O)N(CC(=O)N3CCOCC3)C2=O)cc1OCC. The normalized spacial score (nSPS) is 17.8. The summed E-state index contributed by atoms with van der Waals surface area (Å²) in [6.07, 6.45) is 6.77. The van der Waals surface area contributed by atoms with Gasteiger partial charge in [0.25, 0.3) is 11.1 Å². The van der Waals surface area contributed by atoms with Crippen molar-refractivity contribution in [3.8, 4) is 23.8 Å². The number of benzene rings is 1. The molecule has 2 aliphatic heterocycles.